The van der Waals surface area contributed by atoms with E-state index < -0.39 is 0 Å². The molecular weight excluding hydrogens is 249 g/mol. The van der Waals surface area contributed by atoms with Crippen molar-refractivity contribution in [2.24, 2.45) is 0 Å². The smallest absolute Gasteiger partial charge is 0.400 e. The van der Waals surface area contributed by atoms with Crippen LogP contribution in [0.25, 0.3) is 6.08 Å². The molecule has 1 saturated heterocycles. The molecular formula is C16H22BNO2. The minimum absolute atomic E-state index is 0.282. The molecule has 1 saturated carbocycles. The lowest BCUT2D eigenvalue weighted by molar-refractivity contribution is 0.00578. The van der Waals surface area contributed by atoms with E-state index in [-0.39, 0.29) is 18.3 Å². The second-order valence-electron chi connectivity index (χ2n) is 6.81. The van der Waals surface area contributed by atoms with Gasteiger partial charge < -0.3 is 9.31 Å². The highest BCUT2D eigenvalue weighted by molar-refractivity contribution is 6.52. The molecule has 2 heterocycles. The van der Waals surface area contributed by atoms with Gasteiger partial charge >= 0.3 is 7.12 Å². The quantitative estimate of drug-likeness (QED) is 0.787. The van der Waals surface area contributed by atoms with Crippen LogP contribution < -0.4 is 0 Å². The van der Waals surface area contributed by atoms with Crippen molar-refractivity contribution in [2.45, 2.75) is 57.7 Å². The zero-order valence-electron chi connectivity index (χ0n) is 12.7. The Labute approximate surface area is 121 Å². The third-order valence-electron chi connectivity index (χ3n) is 4.55. The van der Waals surface area contributed by atoms with Gasteiger partial charge in [-0.15, -0.1) is 0 Å². The SMILES string of the molecule is CC1(C)OB(/C=C/c2cncc(C3CC3)c2)OC1(C)C. The molecule has 1 aromatic heterocycles. The number of pyridine rings is 1. The van der Waals surface area contributed by atoms with Crippen LogP contribution in [0.15, 0.2) is 24.4 Å². The first-order valence-electron chi connectivity index (χ1n) is 7.36. The highest BCUT2D eigenvalue weighted by Crippen LogP contribution is 2.40. The van der Waals surface area contributed by atoms with Gasteiger partial charge in [-0.25, -0.2) is 0 Å². The normalized spacial score (nSPS) is 24.5. The lowest BCUT2D eigenvalue weighted by Gasteiger charge is -2.32. The third-order valence-corrected chi connectivity index (χ3v) is 4.55. The van der Waals surface area contributed by atoms with E-state index in [1.54, 1.807) is 0 Å². The van der Waals surface area contributed by atoms with E-state index in [1.165, 1.54) is 18.4 Å². The van der Waals surface area contributed by atoms with Gasteiger partial charge in [0.1, 0.15) is 0 Å². The molecule has 1 aliphatic carbocycles. The first kappa shape index (κ1) is 13.8. The fourth-order valence-corrected chi connectivity index (χ4v) is 2.36. The van der Waals surface area contributed by atoms with E-state index in [4.69, 9.17) is 9.31 Å². The minimum atomic E-state index is -0.287. The van der Waals surface area contributed by atoms with Crippen molar-refractivity contribution in [3.05, 3.63) is 35.6 Å². The summed E-state index contributed by atoms with van der Waals surface area (Å²) in [5, 5.41) is 0. The summed E-state index contributed by atoms with van der Waals surface area (Å²) in [6.45, 7) is 8.26. The van der Waals surface area contributed by atoms with Gasteiger partial charge in [-0.05, 0) is 63.6 Å². The van der Waals surface area contributed by atoms with Gasteiger partial charge in [-0.3, -0.25) is 4.98 Å². The topological polar surface area (TPSA) is 31.4 Å². The Morgan fingerprint density at radius 3 is 2.40 bits per heavy atom. The summed E-state index contributed by atoms with van der Waals surface area (Å²) in [5.74, 6) is 2.71. The molecule has 1 aromatic rings. The number of aromatic nitrogens is 1. The van der Waals surface area contributed by atoms with Crippen LogP contribution in [0.1, 0.15) is 57.6 Å². The highest BCUT2D eigenvalue weighted by Gasteiger charge is 2.49. The molecule has 106 valence electrons. The van der Waals surface area contributed by atoms with Gasteiger partial charge in [0.2, 0.25) is 0 Å². The molecule has 2 aliphatic rings. The van der Waals surface area contributed by atoms with E-state index in [0.29, 0.717) is 0 Å². The molecule has 20 heavy (non-hydrogen) atoms. The van der Waals surface area contributed by atoms with Crippen LogP contribution in [0, 0.1) is 0 Å². The van der Waals surface area contributed by atoms with Crippen molar-refractivity contribution < 1.29 is 9.31 Å². The fraction of sp³-hybridized carbons (Fsp3) is 0.562. The summed E-state index contributed by atoms with van der Waals surface area (Å²) in [4.78, 5) is 4.32. The molecule has 2 fully saturated rings. The van der Waals surface area contributed by atoms with Crippen LogP contribution in [0.4, 0.5) is 0 Å². The maximum Gasteiger partial charge on any atom is 0.487 e. The molecule has 0 amide bonds. The lowest BCUT2D eigenvalue weighted by atomic mass is 9.89. The van der Waals surface area contributed by atoms with Crippen molar-refractivity contribution in [3.63, 3.8) is 0 Å². The molecule has 3 nitrogen and oxygen atoms in total. The van der Waals surface area contributed by atoms with Crippen molar-refractivity contribution in [2.75, 3.05) is 0 Å². The van der Waals surface area contributed by atoms with Crippen LogP contribution >= 0.6 is 0 Å². The Kier molecular flexibility index (Phi) is 3.26. The Bertz CT molecular complexity index is 519. The molecule has 0 spiro atoms. The van der Waals surface area contributed by atoms with E-state index in [1.807, 2.05) is 24.4 Å². The van der Waals surface area contributed by atoms with Crippen LogP contribution in [0.3, 0.4) is 0 Å². The molecule has 0 unspecified atom stereocenters. The number of nitrogens with zero attached hydrogens (tertiary/aromatic N) is 1. The average molecular weight is 271 g/mol. The van der Waals surface area contributed by atoms with Crippen molar-refractivity contribution in [1.82, 2.24) is 4.98 Å². The molecule has 3 rings (SSSR count). The summed E-state index contributed by atoms with van der Waals surface area (Å²) >= 11 is 0. The Morgan fingerprint density at radius 2 is 1.80 bits per heavy atom. The Balaban J connectivity index is 1.70. The van der Waals surface area contributed by atoms with Crippen molar-refractivity contribution in [1.29, 1.82) is 0 Å². The molecule has 0 N–H and O–H groups in total. The summed E-state index contributed by atoms with van der Waals surface area (Å²) in [6, 6.07) is 2.21. The summed E-state index contributed by atoms with van der Waals surface area (Å²) in [7, 11) is -0.287. The second-order valence-corrected chi connectivity index (χ2v) is 6.81. The monoisotopic (exact) mass is 271 g/mol. The fourth-order valence-electron chi connectivity index (χ4n) is 2.36. The van der Waals surface area contributed by atoms with Crippen LogP contribution in [0.2, 0.25) is 0 Å². The van der Waals surface area contributed by atoms with E-state index in [9.17, 15) is 0 Å². The van der Waals surface area contributed by atoms with Crippen LogP contribution in [-0.2, 0) is 9.31 Å². The third kappa shape index (κ3) is 2.67. The van der Waals surface area contributed by atoms with Gasteiger partial charge in [0.15, 0.2) is 0 Å². The highest BCUT2D eigenvalue weighted by atomic mass is 16.7. The average Bonchev–Trinajstić information content (AvgIpc) is 3.16. The molecule has 0 atom stereocenters. The number of rotatable bonds is 3. The van der Waals surface area contributed by atoms with Crippen LogP contribution in [-0.4, -0.2) is 23.3 Å². The largest absolute Gasteiger partial charge is 0.487 e. The summed E-state index contributed by atoms with van der Waals surface area (Å²) in [5.41, 5.74) is 1.90. The lowest BCUT2D eigenvalue weighted by Crippen LogP contribution is -2.41. The number of hydrogen-bond donors (Lipinski definition) is 0. The maximum absolute atomic E-state index is 5.95. The molecule has 0 radical (unpaired) electrons. The van der Waals surface area contributed by atoms with E-state index >= 15 is 0 Å². The Hall–Kier alpha value is -1.13. The predicted molar refractivity (Wildman–Crippen MR) is 81.3 cm³/mol. The molecule has 4 heteroatoms. The van der Waals surface area contributed by atoms with Gasteiger partial charge in [0, 0.05) is 12.4 Å². The minimum Gasteiger partial charge on any atom is -0.400 e. The summed E-state index contributed by atoms with van der Waals surface area (Å²) in [6.07, 6.45) is 8.50. The molecule has 0 bridgehead atoms. The summed E-state index contributed by atoms with van der Waals surface area (Å²) < 4.78 is 11.9. The standard InChI is InChI=1S/C16H22BNO2/c1-15(2)16(3,4)20-17(19-15)8-7-12-9-14(11-18-10-12)13-5-6-13/h7-11,13H,5-6H2,1-4H3/b8-7+. The van der Waals surface area contributed by atoms with Gasteiger partial charge in [-0.2, -0.15) is 0 Å². The van der Waals surface area contributed by atoms with E-state index in [0.717, 1.165) is 11.5 Å². The zero-order valence-corrected chi connectivity index (χ0v) is 12.7. The van der Waals surface area contributed by atoms with E-state index in [2.05, 4.69) is 38.7 Å². The maximum atomic E-state index is 5.95. The molecule has 1 aliphatic heterocycles. The van der Waals surface area contributed by atoms with Crippen molar-refractivity contribution >= 4 is 13.2 Å². The van der Waals surface area contributed by atoms with Gasteiger partial charge in [-0.1, -0.05) is 12.1 Å². The van der Waals surface area contributed by atoms with Gasteiger partial charge in [0.05, 0.1) is 11.2 Å². The number of hydrogen-bond acceptors (Lipinski definition) is 3. The predicted octanol–water partition coefficient (Wildman–Crippen LogP) is 3.60. The van der Waals surface area contributed by atoms with Gasteiger partial charge in [0.25, 0.3) is 0 Å². The Morgan fingerprint density at radius 1 is 1.15 bits per heavy atom. The van der Waals surface area contributed by atoms with Crippen LogP contribution in [0.5, 0.6) is 0 Å². The van der Waals surface area contributed by atoms with Crippen molar-refractivity contribution in [3.8, 4) is 0 Å². The first-order valence-corrected chi connectivity index (χ1v) is 7.36. The zero-order chi connectivity index (χ0) is 14.4. The first-order chi connectivity index (χ1) is 9.37. The second kappa shape index (κ2) is 4.71. The molecule has 0 aromatic carbocycles.